The van der Waals surface area contributed by atoms with Gasteiger partial charge < -0.3 is 9.72 Å². The summed E-state index contributed by atoms with van der Waals surface area (Å²) in [4.78, 5) is 31.5. The molecule has 25 heavy (non-hydrogen) atoms. The van der Waals surface area contributed by atoms with Crippen LogP contribution in [0.3, 0.4) is 0 Å². The SMILES string of the molecule is O=c1[nH]c2cc(F)ccc2c(=O)n1Cc1cc(OC2CCC2)ccn1. The predicted molar refractivity (Wildman–Crippen MR) is 90.4 cm³/mol. The van der Waals surface area contributed by atoms with E-state index in [1.807, 2.05) is 0 Å². The lowest BCUT2D eigenvalue weighted by atomic mass is 9.96. The normalized spacial score (nSPS) is 14.4. The fourth-order valence-electron chi connectivity index (χ4n) is 2.83. The average molecular weight is 341 g/mol. The van der Waals surface area contributed by atoms with Crippen LogP contribution >= 0.6 is 0 Å². The summed E-state index contributed by atoms with van der Waals surface area (Å²) >= 11 is 0. The summed E-state index contributed by atoms with van der Waals surface area (Å²) < 4.78 is 20.1. The van der Waals surface area contributed by atoms with E-state index in [0.717, 1.165) is 23.5 Å². The van der Waals surface area contributed by atoms with E-state index in [1.54, 1.807) is 18.3 Å². The molecule has 128 valence electrons. The van der Waals surface area contributed by atoms with E-state index >= 15 is 0 Å². The lowest BCUT2D eigenvalue weighted by molar-refractivity contribution is 0.120. The minimum atomic E-state index is -0.602. The van der Waals surface area contributed by atoms with Gasteiger partial charge in [-0.15, -0.1) is 0 Å². The number of rotatable bonds is 4. The minimum Gasteiger partial charge on any atom is -0.490 e. The Bertz CT molecular complexity index is 1050. The third kappa shape index (κ3) is 3.05. The third-order valence-corrected chi connectivity index (χ3v) is 4.41. The molecule has 7 heteroatoms. The number of aromatic nitrogens is 3. The fraction of sp³-hybridized carbons (Fsp3) is 0.278. The van der Waals surface area contributed by atoms with Crippen LogP contribution in [-0.2, 0) is 6.54 Å². The second-order valence-corrected chi connectivity index (χ2v) is 6.17. The summed E-state index contributed by atoms with van der Waals surface area (Å²) in [7, 11) is 0. The summed E-state index contributed by atoms with van der Waals surface area (Å²) in [5, 5.41) is 0.253. The molecule has 1 fully saturated rings. The Hall–Kier alpha value is -2.96. The van der Waals surface area contributed by atoms with Crippen molar-refractivity contribution in [2.45, 2.75) is 31.9 Å². The van der Waals surface area contributed by atoms with Gasteiger partial charge in [0.2, 0.25) is 0 Å². The number of hydrogen-bond acceptors (Lipinski definition) is 4. The average Bonchev–Trinajstić information content (AvgIpc) is 2.55. The van der Waals surface area contributed by atoms with Crippen molar-refractivity contribution in [1.29, 1.82) is 0 Å². The molecule has 6 nitrogen and oxygen atoms in total. The highest BCUT2D eigenvalue weighted by Crippen LogP contribution is 2.25. The molecule has 0 unspecified atom stereocenters. The van der Waals surface area contributed by atoms with Gasteiger partial charge in [-0.05, 0) is 43.5 Å². The molecule has 2 aromatic heterocycles. The number of H-pyrrole nitrogens is 1. The Balaban J connectivity index is 1.68. The van der Waals surface area contributed by atoms with E-state index in [4.69, 9.17) is 4.74 Å². The summed E-state index contributed by atoms with van der Waals surface area (Å²) in [6.45, 7) is 0.0172. The molecule has 2 heterocycles. The van der Waals surface area contributed by atoms with E-state index < -0.39 is 17.1 Å². The second-order valence-electron chi connectivity index (χ2n) is 6.17. The van der Waals surface area contributed by atoms with Gasteiger partial charge in [0.15, 0.2) is 0 Å². The molecule has 1 aliphatic carbocycles. The first kappa shape index (κ1) is 15.6. The zero-order chi connectivity index (χ0) is 17.4. The van der Waals surface area contributed by atoms with Crippen LogP contribution in [0.25, 0.3) is 10.9 Å². The zero-order valence-corrected chi connectivity index (χ0v) is 13.4. The maximum Gasteiger partial charge on any atom is 0.329 e. The molecule has 4 rings (SSSR count). The van der Waals surface area contributed by atoms with Crippen molar-refractivity contribution < 1.29 is 9.13 Å². The second kappa shape index (κ2) is 6.16. The summed E-state index contributed by atoms with van der Waals surface area (Å²) in [5.41, 5.74) is -0.353. The molecular weight excluding hydrogens is 325 g/mol. The number of ether oxygens (including phenoxy) is 1. The predicted octanol–water partition coefficient (Wildman–Crippen LogP) is 2.20. The molecular formula is C18H16FN3O3. The van der Waals surface area contributed by atoms with Crippen LogP contribution in [0.4, 0.5) is 4.39 Å². The summed E-state index contributed by atoms with van der Waals surface area (Å²) in [6, 6.07) is 7.19. The summed E-state index contributed by atoms with van der Waals surface area (Å²) in [6.07, 6.45) is 5.08. The van der Waals surface area contributed by atoms with Gasteiger partial charge >= 0.3 is 5.69 Å². The van der Waals surface area contributed by atoms with Gasteiger partial charge in [0.05, 0.1) is 29.2 Å². The van der Waals surface area contributed by atoms with Gasteiger partial charge in [0.25, 0.3) is 5.56 Å². The van der Waals surface area contributed by atoms with E-state index in [2.05, 4.69) is 9.97 Å². The van der Waals surface area contributed by atoms with E-state index in [9.17, 15) is 14.0 Å². The molecule has 0 saturated heterocycles. The molecule has 1 saturated carbocycles. The number of benzene rings is 1. The van der Waals surface area contributed by atoms with Gasteiger partial charge in [0, 0.05) is 12.3 Å². The lowest BCUT2D eigenvalue weighted by Gasteiger charge is -2.26. The largest absolute Gasteiger partial charge is 0.490 e. The number of nitrogens with one attached hydrogen (secondary N) is 1. The molecule has 0 bridgehead atoms. The van der Waals surface area contributed by atoms with Gasteiger partial charge in [-0.3, -0.25) is 14.3 Å². The maximum absolute atomic E-state index is 13.3. The summed E-state index contributed by atoms with van der Waals surface area (Å²) in [5.74, 6) is 0.171. The molecule has 3 aromatic rings. The van der Waals surface area contributed by atoms with E-state index in [0.29, 0.717) is 11.4 Å². The number of fused-ring (bicyclic) bond motifs is 1. The number of halogens is 1. The van der Waals surface area contributed by atoms with Crippen LogP contribution in [0.1, 0.15) is 25.0 Å². The zero-order valence-electron chi connectivity index (χ0n) is 13.4. The van der Waals surface area contributed by atoms with Gasteiger partial charge in [0.1, 0.15) is 11.6 Å². The van der Waals surface area contributed by atoms with E-state index in [-0.39, 0.29) is 23.6 Å². The van der Waals surface area contributed by atoms with Gasteiger partial charge in [-0.25, -0.2) is 9.18 Å². The standard InChI is InChI=1S/C18H16FN3O3/c19-11-4-5-15-16(8-11)21-18(24)22(17(15)23)10-12-9-14(6-7-20-12)25-13-2-1-3-13/h4-9,13H,1-3,10H2,(H,21,24). The quantitative estimate of drug-likeness (QED) is 0.789. The molecule has 0 spiro atoms. The number of nitrogens with zero attached hydrogens (tertiary/aromatic N) is 2. The fourth-order valence-corrected chi connectivity index (χ4v) is 2.83. The first-order valence-corrected chi connectivity index (χ1v) is 8.14. The molecule has 0 radical (unpaired) electrons. The molecule has 1 N–H and O–H groups in total. The van der Waals surface area contributed by atoms with Crippen LogP contribution in [0.2, 0.25) is 0 Å². The highest BCUT2D eigenvalue weighted by molar-refractivity contribution is 5.77. The minimum absolute atomic E-state index is 0.0172. The van der Waals surface area contributed by atoms with Crippen LogP contribution < -0.4 is 16.0 Å². The van der Waals surface area contributed by atoms with Crippen LogP contribution in [0.5, 0.6) is 5.75 Å². The third-order valence-electron chi connectivity index (χ3n) is 4.41. The van der Waals surface area contributed by atoms with Crippen molar-refractivity contribution in [3.05, 3.63) is 68.9 Å². The Morgan fingerprint density at radius 1 is 1.24 bits per heavy atom. The van der Waals surface area contributed by atoms with Crippen molar-refractivity contribution in [2.75, 3.05) is 0 Å². The Labute approximate surface area is 141 Å². The first-order valence-electron chi connectivity index (χ1n) is 8.14. The monoisotopic (exact) mass is 341 g/mol. The molecule has 1 aliphatic rings. The van der Waals surface area contributed by atoms with Crippen LogP contribution in [0, 0.1) is 5.82 Å². The van der Waals surface area contributed by atoms with Crippen molar-refractivity contribution in [2.24, 2.45) is 0 Å². The van der Waals surface area contributed by atoms with Gasteiger partial charge in [-0.1, -0.05) is 0 Å². The van der Waals surface area contributed by atoms with E-state index in [1.165, 1.54) is 18.6 Å². The molecule has 0 atom stereocenters. The topological polar surface area (TPSA) is 77.0 Å². The van der Waals surface area contributed by atoms with Crippen molar-refractivity contribution in [3.63, 3.8) is 0 Å². The molecule has 0 amide bonds. The Kier molecular flexibility index (Phi) is 3.83. The molecule has 1 aromatic carbocycles. The number of aromatic amines is 1. The molecule has 0 aliphatic heterocycles. The van der Waals surface area contributed by atoms with Crippen molar-refractivity contribution in [1.82, 2.24) is 14.5 Å². The number of hydrogen-bond donors (Lipinski definition) is 1. The highest BCUT2D eigenvalue weighted by atomic mass is 19.1. The van der Waals surface area contributed by atoms with Crippen LogP contribution in [-0.4, -0.2) is 20.6 Å². The Morgan fingerprint density at radius 3 is 2.84 bits per heavy atom. The smallest absolute Gasteiger partial charge is 0.329 e. The van der Waals surface area contributed by atoms with Gasteiger partial charge in [-0.2, -0.15) is 0 Å². The maximum atomic E-state index is 13.3. The van der Waals surface area contributed by atoms with Crippen molar-refractivity contribution >= 4 is 10.9 Å². The van der Waals surface area contributed by atoms with Crippen molar-refractivity contribution in [3.8, 4) is 5.75 Å². The highest BCUT2D eigenvalue weighted by Gasteiger charge is 2.19. The lowest BCUT2D eigenvalue weighted by Crippen LogP contribution is -2.35. The first-order chi connectivity index (χ1) is 12.1. The van der Waals surface area contributed by atoms with Crippen LogP contribution in [0.15, 0.2) is 46.1 Å². The Morgan fingerprint density at radius 2 is 2.08 bits per heavy atom. The number of pyridine rings is 1.